The molecule has 0 atom stereocenters. The average Bonchev–Trinajstić information content (AvgIpc) is 2.66. The molecule has 8 nitrogen and oxygen atoms in total. The van der Waals surface area contributed by atoms with Crippen LogP contribution in [-0.2, 0) is 19.1 Å². The van der Waals surface area contributed by atoms with Gasteiger partial charge in [-0.1, -0.05) is 12.1 Å². The molecule has 1 aliphatic rings. The number of allylic oxidation sites excluding steroid dienone is 2. The van der Waals surface area contributed by atoms with Crippen molar-refractivity contribution in [2.24, 2.45) is 0 Å². The maximum atomic E-state index is 12.6. The minimum absolute atomic E-state index is 0.0783. The molecular weight excluding hydrogens is 352 g/mol. The summed E-state index contributed by atoms with van der Waals surface area (Å²) in [6.07, 6.45) is 0. The van der Waals surface area contributed by atoms with Crippen LogP contribution in [0, 0.1) is 10.1 Å². The third-order valence-corrected chi connectivity index (χ3v) is 4.73. The summed E-state index contributed by atoms with van der Waals surface area (Å²) in [6.45, 7) is 6.02. The molecular formula is C19H22N2O6. The first-order chi connectivity index (χ1) is 12.8. The number of hydrogen-bond donors (Lipinski definition) is 0. The molecule has 0 aliphatic carbocycles. The zero-order valence-electron chi connectivity index (χ0n) is 15.9. The van der Waals surface area contributed by atoms with E-state index < -0.39 is 22.8 Å². The molecule has 8 heteroatoms. The van der Waals surface area contributed by atoms with Crippen LogP contribution in [0.1, 0.15) is 32.3 Å². The highest BCUT2D eigenvalue weighted by atomic mass is 16.6. The lowest BCUT2D eigenvalue weighted by Gasteiger charge is -2.37. The first-order valence-corrected chi connectivity index (χ1v) is 8.38. The Labute approximate surface area is 157 Å². The largest absolute Gasteiger partial charge is 0.466 e. The Morgan fingerprint density at radius 1 is 1.04 bits per heavy atom. The van der Waals surface area contributed by atoms with E-state index >= 15 is 0 Å². The molecule has 0 saturated heterocycles. The monoisotopic (exact) mass is 374 g/mol. The minimum Gasteiger partial charge on any atom is -0.466 e. The SMILES string of the molecule is CCN1C(C)=C(C(=O)OC)C(c2ccc([N+](=O)[O-])cc2)C(C(=O)OC)=C1C. The topological polar surface area (TPSA) is 99.0 Å². The second kappa shape index (κ2) is 8.03. The number of hydrogen-bond acceptors (Lipinski definition) is 7. The first kappa shape index (κ1) is 20.2. The van der Waals surface area contributed by atoms with Crippen LogP contribution in [0.15, 0.2) is 46.8 Å². The maximum Gasteiger partial charge on any atom is 0.336 e. The normalized spacial score (nSPS) is 15.1. The molecule has 0 aromatic heterocycles. The van der Waals surface area contributed by atoms with Gasteiger partial charge in [-0.25, -0.2) is 9.59 Å². The zero-order chi connectivity index (χ0) is 20.3. The van der Waals surface area contributed by atoms with Crippen LogP contribution in [0.4, 0.5) is 5.69 Å². The van der Waals surface area contributed by atoms with Crippen molar-refractivity contribution in [3.63, 3.8) is 0 Å². The van der Waals surface area contributed by atoms with Crippen LogP contribution >= 0.6 is 0 Å². The molecule has 0 saturated carbocycles. The summed E-state index contributed by atoms with van der Waals surface area (Å²) in [5, 5.41) is 10.9. The van der Waals surface area contributed by atoms with Crippen LogP contribution < -0.4 is 0 Å². The molecule has 0 unspecified atom stereocenters. The molecule has 27 heavy (non-hydrogen) atoms. The molecule has 0 spiro atoms. The number of rotatable bonds is 5. The van der Waals surface area contributed by atoms with Gasteiger partial charge in [0.25, 0.3) is 5.69 Å². The second-order valence-corrected chi connectivity index (χ2v) is 6.01. The maximum absolute atomic E-state index is 12.6. The third kappa shape index (κ3) is 3.55. The van der Waals surface area contributed by atoms with E-state index in [0.29, 0.717) is 34.6 Å². The van der Waals surface area contributed by atoms with E-state index in [1.54, 1.807) is 13.8 Å². The molecule has 1 aromatic carbocycles. The van der Waals surface area contributed by atoms with Gasteiger partial charge in [0, 0.05) is 30.1 Å². The number of ether oxygens (including phenoxy) is 2. The van der Waals surface area contributed by atoms with Crippen LogP contribution in [0.5, 0.6) is 0 Å². The van der Waals surface area contributed by atoms with Crippen LogP contribution in [-0.4, -0.2) is 42.5 Å². The van der Waals surface area contributed by atoms with Crippen molar-refractivity contribution < 1.29 is 24.0 Å². The molecule has 1 heterocycles. The van der Waals surface area contributed by atoms with Gasteiger partial charge in [0.05, 0.1) is 36.2 Å². The standard InChI is InChI=1S/C19H22N2O6/c1-6-20-11(2)15(18(22)26-4)17(16(12(20)3)19(23)27-5)13-7-9-14(10-8-13)21(24)25/h7-10,17H,6H2,1-5H3. The summed E-state index contributed by atoms with van der Waals surface area (Å²) in [4.78, 5) is 37.4. The Morgan fingerprint density at radius 2 is 1.48 bits per heavy atom. The molecule has 0 N–H and O–H groups in total. The van der Waals surface area contributed by atoms with Crippen LogP contribution in [0.2, 0.25) is 0 Å². The predicted octanol–water partition coefficient (Wildman–Crippen LogP) is 2.91. The van der Waals surface area contributed by atoms with Crippen molar-refractivity contribution in [1.82, 2.24) is 4.90 Å². The number of nitro groups is 1. The lowest BCUT2D eigenvalue weighted by molar-refractivity contribution is -0.384. The number of nitro benzene ring substituents is 1. The molecule has 0 amide bonds. The highest BCUT2D eigenvalue weighted by Crippen LogP contribution is 2.42. The number of esters is 2. The van der Waals surface area contributed by atoms with Crippen molar-refractivity contribution in [3.05, 3.63) is 62.5 Å². The number of nitrogens with zero attached hydrogens (tertiary/aromatic N) is 2. The smallest absolute Gasteiger partial charge is 0.336 e. The van der Waals surface area contributed by atoms with Gasteiger partial charge in [0.1, 0.15) is 0 Å². The van der Waals surface area contributed by atoms with Gasteiger partial charge in [0.2, 0.25) is 0 Å². The van der Waals surface area contributed by atoms with Gasteiger partial charge in [-0.05, 0) is 26.3 Å². The highest BCUT2D eigenvalue weighted by Gasteiger charge is 2.39. The number of benzene rings is 1. The lowest BCUT2D eigenvalue weighted by Crippen LogP contribution is -2.35. The summed E-state index contributed by atoms with van der Waals surface area (Å²) in [7, 11) is 2.55. The van der Waals surface area contributed by atoms with Crippen molar-refractivity contribution >= 4 is 17.6 Å². The molecule has 0 fully saturated rings. The van der Waals surface area contributed by atoms with Crippen molar-refractivity contribution in [2.75, 3.05) is 20.8 Å². The molecule has 1 aromatic rings. The Bertz CT molecular complexity index is 798. The quantitative estimate of drug-likeness (QED) is 0.444. The third-order valence-electron chi connectivity index (χ3n) is 4.73. The van der Waals surface area contributed by atoms with Gasteiger partial charge in [-0.15, -0.1) is 0 Å². The number of carbonyl (C=O) groups excluding carboxylic acids is 2. The van der Waals surface area contributed by atoms with Gasteiger partial charge in [-0.2, -0.15) is 0 Å². The summed E-state index contributed by atoms with van der Waals surface area (Å²) in [6, 6.07) is 5.76. The van der Waals surface area contributed by atoms with Crippen LogP contribution in [0.25, 0.3) is 0 Å². The number of non-ortho nitro benzene ring substituents is 1. The van der Waals surface area contributed by atoms with Gasteiger partial charge < -0.3 is 14.4 Å². The Hall–Kier alpha value is -3.16. The molecule has 2 rings (SSSR count). The van der Waals surface area contributed by atoms with Crippen molar-refractivity contribution in [1.29, 1.82) is 0 Å². The molecule has 0 bridgehead atoms. The fourth-order valence-electron chi connectivity index (χ4n) is 3.45. The van der Waals surface area contributed by atoms with Crippen LogP contribution in [0.3, 0.4) is 0 Å². The second-order valence-electron chi connectivity index (χ2n) is 6.01. The highest BCUT2D eigenvalue weighted by molar-refractivity contribution is 5.99. The zero-order valence-corrected chi connectivity index (χ0v) is 15.9. The molecule has 144 valence electrons. The number of carbonyl (C=O) groups is 2. The van der Waals surface area contributed by atoms with E-state index in [9.17, 15) is 19.7 Å². The lowest BCUT2D eigenvalue weighted by atomic mass is 9.79. The van der Waals surface area contributed by atoms with E-state index in [4.69, 9.17) is 9.47 Å². The van der Waals surface area contributed by atoms with E-state index in [1.165, 1.54) is 38.5 Å². The van der Waals surface area contributed by atoms with E-state index in [1.807, 2.05) is 11.8 Å². The van der Waals surface area contributed by atoms with Crippen molar-refractivity contribution in [3.8, 4) is 0 Å². The van der Waals surface area contributed by atoms with Gasteiger partial charge in [-0.3, -0.25) is 10.1 Å². The predicted molar refractivity (Wildman–Crippen MR) is 97.6 cm³/mol. The Kier molecular flexibility index (Phi) is 5.99. The fourth-order valence-corrected chi connectivity index (χ4v) is 3.45. The van der Waals surface area contributed by atoms with E-state index in [-0.39, 0.29) is 5.69 Å². The van der Waals surface area contributed by atoms with E-state index in [0.717, 1.165) is 0 Å². The summed E-state index contributed by atoms with van der Waals surface area (Å²) < 4.78 is 9.91. The summed E-state index contributed by atoms with van der Waals surface area (Å²) in [5.74, 6) is -1.88. The Morgan fingerprint density at radius 3 is 1.81 bits per heavy atom. The average molecular weight is 374 g/mol. The van der Waals surface area contributed by atoms with Crippen molar-refractivity contribution in [2.45, 2.75) is 26.7 Å². The van der Waals surface area contributed by atoms with E-state index in [2.05, 4.69) is 0 Å². The van der Waals surface area contributed by atoms with Gasteiger partial charge in [0.15, 0.2) is 0 Å². The summed E-state index contributed by atoms with van der Waals surface area (Å²) >= 11 is 0. The fraction of sp³-hybridized carbons (Fsp3) is 0.368. The first-order valence-electron chi connectivity index (χ1n) is 8.38. The molecule has 1 aliphatic heterocycles. The van der Waals surface area contributed by atoms with Gasteiger partial charge >= 0.3 is 11.9 Å². The minimum atomic E-state index is -0.742. The number of methoxy groups -OCH3 is 2. The molecule has 0 radical (unpaired) electrons. The summed E-state index contributed by atoms with van der Waals surface area (Å²) in [5.41, 5.74) is 2.43. The Balaban J connectivity index is 2.75.